The molecule has 0 radical (unpaired) electrons. The summed E-state index contributed by atoms with van der Waals surface area (Å²) in [6.07, 6.45) is 8.07. The summed E-state index contributed by atoms with van der Waals surface area (Å²) in [5, 5.41) is 4.50. The molecule has 25 heavy (non-hydrogen) atoms. The van der Waals surface area contributed by atoms with E-state index in [0.29, 0.717) is 19.0 Å². The van der Waals surface area contributed by atoms with Gasteiger partial charge in [-0.1, -0.05) is 0 Å². The molecule has 0 bridgehead atoms. The highest BCUT2D eigenvalue weighted by molar-refractivity contribution is 5.94. The topological polar surface area (TPSA) is 75.9 Å². The molecule has 7 nitrogen and oxygen atoms in total. The molecule has 0 spiro atoms. The smallest absolute Gasteiger partial charge is 0.343 e. The SMILES string of the molecule is O=C(c1cc2n(c1)CCC2)N1CCC(n2nc(C3CC3)[nH]c2=O)CC1. The minimum absolute atomic E-state index is 0.0966. The first-order valence-corrected chi connectivity index (χ1v) is 9.36. The van der Waals surface area contributed by atoms with Crippen LogP contribution in [-0.4, -0.2) is 43.2 Å². The van der Waals surface area contributed by atoms with Crippen LogP contribution in [0, 0.1) is 0 Å². The number of piperidine rings is 1. The number of hydrogen-bond acceptors (Lipinski definition) is 3. The maximum atomic E-state index is 12.7. The lowest BCUT2D eigenvalue weighted by atomic mass is 10.0. The maximum Gasteiger partial charge on any atom is 0.343 e. The van der Waals surface area contributed by atoms with Gasteiger partial charge in [-0.05, 0) is 44.6 Å². The number of H-pyrrole nitrogens is 1. The minimum Gasteiger partial charge on any atom is -0.351 e. The average Bonchev–Trinajstić information content (AvgIpc) is 3.06. The zero-order valence-corrected chi connectivity index (χ0v) is 14.3. The highest BCUT2D eigenvalue weighted by Gasteiger charge is 2.31. The summed E-state index contributed by atoms with van der Waals surface area (Å²) in [6, 6.07) is 2.14. The lowest BCUT2D eigenvalue weighted by Crippen LogP contribution is -2.40. The number of aromatic nitrogens is 4. The molecule has 0 atom stereocenters. The number of nitrogens with zero attached hydrogens (tertiary/aromatic N) is 4. The molecule has 0 aromatic carbocycles. The van der Waals surface area contributed by atoms with E-state index >= 15 is 0 Å². The van der Waals surface area contributed by atoms with E-state index in [1.54, 1.807) is 4.68 Å². The van der Waals surface area contributed by atoms with E-state index in [0.717, 1.165) is 50.0 Å². The third kappa shape index (κ3) is 2.62. The van der Waals surface area contributed by atoms with Gasteiger partial charge in [-0.2, -0.15) is 5.10 Å². The third-order valence-electron chi connectivity index (χ3n) is 5.79. The molecule has 7 heteroatoms. The Morgan fingerprint density at radius 3 is 2.68 bits per heavy atom. The summed E-state index contributed by atoms with van der Waals surface area (Å²) in [4.78, 5) is 29.7. The van der Waals surface area contributed by atoms with Gasteiger partial charge in [-0.15, -0.1) is 0 Å². The number of hydrogen-bond donors (Lipinski definition) is 1. The molecule has 2 aromatic heterocycles. The van der Waals surface area contributed by atoms with Gasteiger partial charge >= 0.3 is 5.69 Å². The van der Waals surface area contributed by atoms with Gasteiger partial charge in [0.1, 0.15) is 5.82 Å². The van der Waals surface area contributed by atoms with E-state index in [4.69, 9.17) is 0 Å². The standard InChI is InChI=1S/C18H23N5O2/c24-17(13-10-15-2-1-7-22(15)11-13)21-8-5-14(6-9-21)23-18(25)19-16(20-23)12-3-4-12/h10-12,14H,1-9H2,(H,19,20,25). The second kappa shape index (κ2) is 5.61. The number of carbonyl (C=O) groups excluding carboxylic acids is 1. The van der Waals surface area contributed by atoms with Crippen molar-refractivity contribution in [1.82, 2.24) is 24.2 Å². The van der Waals surface area contributed by atoms with Crippen molar-refractivity contribution in [2.75, 3.05) is 13.1 Å². The fraction of sp³-hybridized carbons (Fsp3) is 0.611. The largest absolute Gasteiger partial charge is 0.351 e. The van der Waals surface area contributed by atoms with Gasteiger partial charge in [0.15, 0.2) is 0 Å². The predicted molar refractivity (Wildman–Crippen MR) is 91.8 cm³/mol. The first-order valence-electron chi connectivity index (χ1n) is 9.36. The van der Waals surface area contributed by atoms with Gasteiger partial charge < -0.3 is 9.47 Å². The van der Waals surface area contributed by atoms with Crippen molar-refractivity contribution in [3.8, 4) is 0 Å². The highest BCUT2D eigenvalue weighted by atomic mass is 16.2. The molecule has 5 rings (SSSR count). The van der Waals surface area contributed by atoms with Crippen LogP contribution in [0.15, 0.2) is 17.1 Å². The lowest BCUT2D eigenvalue weighted by molar-refractivity contribution is 0.0688. The molecule has 2 aromatic rings. The Morgan fingerprint density at radius 2 is 1.96 bits per heavy atom. The first-order chi connectivity index (χ1) is 12.2. The number of amides is 1. The van der Waals surface area contributed by atoms with Gasteiger partial charge in [0, 0.05) is 37.4 Å². The van der Waals surface area contributed by atoms with Crippen LogP contribution in [-0.2, 0) is 13.0 Å². The van der Waals surface area contributed by atoms with Gasteiger partial charge in [0.05, 0.1) is 11.6 Å². The molecule has 1 amide bonds. The van der Waals surface area contributed by atoms with Crippen LogP contribution in [0.4, 0.5) is 0 Å². The fourth-order valence-corrected chi connectivity index (χ4v) is 4.16. The molecule has 2 fully saturated rings. The Bertz CT molecular complexity index is 843. The van der Waals surface area contributed by atoms with E-state index < -0.39 is 0 Å². The molecule has 132 valence electrons. The lowest BCUT2D eigenvalue weighted by Gasteiger charge is -2.31. The fourth-order valence-electron chi connectivity index (χ4n) is 4.16. The number of rotatable bonds is 3. The predicted octanol–water partition coefficient (Wildman–Crippen LogP) is 1.67. The average molecular weight is 341 g/mol. The molecule has 1 saturated carbocycles. The number of aromatic amines is 1. The summed E-state index contributed by atoms with van der Waals surface area (Å²) in [7, 11) is 0. The Labute approximate surface area is 145 Å². The maximum absolute atomic E-state index is 12.7. The Kier molecular flexibility index (Phi) is 3.36. The Hall–Kier alpha value is -2.31. The summed E-state index contributed by atoms with van der Waals surface area (Å²) in [5.41, 5.74) is 1.98. The van der Waals surface area contributed by atoms with E-state index in [9.17, 15) is 9.59 Å². The van der Waals surface area contributed by atoms with Crippen LogP contribution >= 0.6 is 0 Å². The van der Waals surface area contributed by atoms with Gasteiger partial charge in [-0.25, -0.2) is 9.48 Å². The Morgan fingerprint density at radius 1 is 1.16 bits per heavy atom. The van der Waals surface area contributed by atoms with Crippen LogP contribution in [0.1, 0.15) is 65.9 Å². The number of likely N-dealkylation sites (tertiary alicyclic amines) is 1. The Balaban J connectivity index is 1.26. The summed E-state index contributed by atoms with van der Waals surface area (Å²) in [5.74, 6) is 1.41. The highest BCUT2D eigenvalue weighted by Crippen LogP contribution is 2.37. The van der Waals surface area contributed by atoms with E-state index in [1.165, 1.54) is 12.1 Å². The van der Waals surface area contributed by atoms with Crippen molar-refractivity contribution in [2.45, 2.75) is 57.0 Å². The molecule has 3 aliphatic rings. The summed E-state index contributed by atoms with van der Waals surface area (Å²) in [6.45, 7) is 2.39. The quantitative estimate of drug-likeness (QED) is 0.923. The number of fused-ring (bicyclic) bond motifs is 1. The third-order valence-corrected chi connectivity index (χ3v) is 5.79. The van der Waals surface area contributed by atoms with E-state index in [1.807, 2.05) is 17.2 Å². The molecule has 1 saturated heterocycles. The van der Waals surface area contributed by atoms with Crippen LogP contribution in [0.2, 0.25) is 0 Å². The van der Waals surface area contributed by atoms with Crippen LogP contribution in [0.5, 0.6) is 0 Å². The van der Waals surface area contributed by atoms with Crippen molar-refractivity contribution in [2.24, 2.45) is 0 Å². The summed E-state index contributed by atoms with van der Waals surface area (Å²) < 4.78 is 3.81. The van der Waals surface area contributed by atoms with Crippen molar-refractivity contribution < 1.29 is 4.79 Å². The van der Waals surface area contributed by atoms with Crippen molar-refractivity contribution in [1.29, 1.82) is 0 Å². The van der Waals surface area contributed by atoms with Crippen LogP contribution in [0.25, 0.3) is 0 Å². The molecule has 2 aliphatic heterocycles. The molecule has 1 aliphatic carbocycles. The molecular formula is C18H23N5O2. The van der Waals surface area contributed by atoms with Crippen LogP contribution in [0.3, 0.4) is 0 Å². The molecular weight excluding hydrogens is 318 g/mol. The molecule has 1 N–H and O–H groups in total. The zero-order chi connectivity index (χ0) is 17.0. The monoisotopic (exact) mass is 341 g/mol. The molecule has 0 unspecified atom stereocenters. The van der Waals surface area contributed by atoms with Crippen LogP contribution < -0.4 is 5.69 Å². The van der Waals surface area contributed by atoms with Crippen molar-refractivity contribution in [3.63, 3.8) is 0 Å². The second-order valence-electron chi connectivity index (χ2n) is 7.57. The first kappa shape index (κ1) is 15.0. The second-order valence-corrected chi connectivity index (χ2v) is 7.57. The number of aryl methyl sites for hydroxylation is 2. The van der Waals surface area contributed by atoms with Gasteiger partial charge in [0.25, 0.3) is 5.91 Å². The normalized spacial score (nSPS) is 20.9. The van der Waals surface area contributed by atoms with E-state index in [-0.39, 0.29) is 17.6 Å². The minimum atomic E-state index is -0.101. The number of nitrogens with one attached hydrogen (secondary N) is 1. The van der Waals surface area contributed by atoms with Gasteiger partial charge in [0.2, 0.25) is 0 Å². The number of carbonyl (C=O) groups is 1. The van der Waals surface area contributed by atoms with Crippen molar-refractivity contribution in [3.05, 3.63) is 39.8 Å². The molecule has 4 heterocycles. The van der Waals surface area contributed by atoms with Crippen molar-refractivity contribution >= 4 is 5.91 Å². The van der Waals surface area contributed by atoms with Gasteiger partial charge in [-0.3, -0.25) is 9.78 Å². The van der Waals surface area contributed by atoms with E-state index in [2.05, 4.69) is 14.6 Å². The summed E-state index contributed by atoms with van der Waals surface area (Å²) >= 11 is 0. The zero-order valence-electron chi connectivity index (χ0n) is 14.3.